The maximum absolute atomic E-state index is 12.2. The quantitative estimate of drug-likeness (QED) is 0.570. The number of hydrazone groups is 1. The summed E-state index contributed by atoms with van der Waals surface area (Å²) in [6.45, 7) is 1.80. The second-order valence-electron chi connectivity index (χ2n) is 5.23. The lowest BCUT2D eigenvalue weighted by atomic mass is 10.1. The second kappa shape index (κ2) is 6.45. The van der Waals surface area contributed by atoms with Crippen LogP contribution >= 0.6 is 0 Å². The zero-order valence-electron chi connectivity index (χ0n) is 13.2. The highest BCUT2D eigenvalue weighted by Crippen LogP contribution is 2.32. The number of rotatable bonds is 4. The van der Waals surface area contributed by atoms with Crippen molar-refractivity contribution < 1.29 is 19.1 Å². The molecule has 0 bridgehead atoms. The Labute approximate surface area is 138 Å². The maximum atomic E-state index is 12.2. The number of benzene rings is 2. The van der Waals surface area contributed by atoms with Gasteiger partial charge in [-0.3, -0.25) is 4.79 Å². The van der Waals surface area contributed by atoms with Crippen molar-refractivity contribution in [1.82, 2.24) is 5.43 Å². The Hall–Kier alpha value is -3.28. The molecule has 6 nitrogen and oxygen atoms in total. The number of hydrogen-bond acceptors (Lipinski definition) is 5. The summed E-state index contributed by atoms with van der Waals surface area (Å²) in [6, 6.07) is 10.4. The Morgan fingerprint density at radius 3 is 2.71 bits per heavy atom. The summed E-state index contributed by atoms with van der Waals surface area (Å²) < 4.78 is 10.4. The highest BCUT2D eigenvalue weighted by molar-refractivity contribution is 6.03. The molecule has 1 aromatic heterocycles. The van der Waals surface area contributed by atoms with Crippen LogP contribution in [0.5, 0.6) is 11.5 Å². The third-order valence-electron chi connectivity index (χ3n) is 3.64. The van der Waals surface area contributed by atoms with E-state index in [1.165, 1.54) is 18.5 Å². The first-order chi connectivity index (χ1) is 11.6. The van der Waals surface area contributed by atoms with Gasteiger partial charge in [-0.05, 0) is 54.4 Å². The average Bonchev–Trinajstić information content (AvgIpc) is 2.97. The van der Waals surface area contributed by atoms with Crippen LogP contribution in [0.3, 0.4) is 0 Å². The van der Waals surface area contributed by atoms with Crippen molar-refractivity contribution in [3.05, 3.63) is 59.4 Å². The Bertz CT molecular complexity index is 911. The van der Waals surface area contributed by atoms with Gasteiger partial charge in [0.05, 0.1) is 30.5 Å². The average molecular weight is 324 g/mol. The van der Waals surface area contributed by atoms with E-state index in [1.54, 1.807) is 32.2 Å². The first-order valence-corrected chi connectivity index (χ1v) is 7.27. The molecule has 0 atom stereocenters. The molecule has 0 radical (unpaired) electrons. The van der Waals surface area contributed by atoms with Gasteiger partial charge >= 0.3 is 0 Å². The van der Waals surface area contributed by atoms with Gasteiger partial charge in [0, 0.05) is 0 Å². The topological polar surface area (TPSA) is 84.1 Å². The smallest absolute Gasteiger partial charge is 0.275 e. The van der Waals surface area contributed by atoms with Gasteiger partial charge in [-0.1, -0.05) is 0 Å². The number of aromatic hydroxyl groups is 1. The van der Waals surface area contributed by atoms with Crippen molar-refractivity contribution in [2.75, 3.05) is 7.11 Å². The van der Waals surface area contributed by atoms with Crippen LogP contribution in [0.4, 0.5) is 0 Å². The highest BCUT2D eigenvalue weighted by Gasteiger charge is 2.16. The van der Waals surface area contributed by atoms with Crippen LogP contribution in [0.25, 0.3) is 11.0 Å². The van der Waals surface area contributed by atoms with Crippen molar-refractivity contribution in [1.29, 1.82) is 0 Å². The third-order valence-corrected chi connectivity index (χ3v) is 3.64. The number of nitrogens with one attached hydrogen (secondary N) is 1. The van der Waals surface area contributed by atoms with E-state index in [0.29, 0.717) is 11.0 Å². The number of phenolic OH excluding ortho intramolecular Hbond substituents is 1. The van der Waals surface area contributed by atoms with Crippen LogP contribution in [0, 0.1) is 6.92 Å². The number of fused-ring (bicyclic) bond motifs is 1. The van der Waals surface area contributed by atoms with E-state index in [4.69, 9.17) is 9.15 Å². The minimum absolute atomic E-state index is 0.115. The van der Waals surface area contributed by atoms with Gasteiger partial charge in [-0.25, -0.2) is 5.43 Å². The number of carbonyl (C=O) groups is 1. The number of nitrogens with zero attached hydrogens (tertiary/aromatic N) is 1. The van der Waals surface area contributed by atoms with E-state index in [0.717, 1.165) is 16.9 Å². The van der Waals surface area contributed by atoms with E-state index in [-0.39, 0.29) is 11.3 Å². The Morgan fingerprint density at radius 2 is 2.00 bits per heavy atom. The molecule has 0 aliphatic carbocycles. The minimum Gasteiger partial charge on any atom is -0.506 e. The van der Waals surface area contributed by atoms with Crippen molar-refractivity contribution in [2.24, 2.45) is 5.10 Å². The van der Waals surface area contributed by atoms with Crippen LogP contribution in [-0.2, 0) is 0 Å². The summed E-state index contributed by atoms with van der Waals surface area (Å²) in [6.07, 6.45) is 3.05. The number of ether oxygens (including phenoxy) is 1. The molecule has 3 rings (SSSR count). The van der Waals surface area contributed by atoms with Gasteiger partial charge < -0.3 is 14.3 Å². The molecule has 0 fully saturated rings. The zero-order chi connectivity index (χ0) is 17.1. The van der Waals surface area contributed by atoms with E-state index in [9.17, 15) is 9.90 Å². The van der Waals surface area contributed by atoms with Crippen LogP contribution < -0.4 is 10.2 Å². The van der Waals surface area contributed by atoms with Crippen molar-refractivity contribution in [3.63, 3.8) is 0 Å². The number of methoxy groups -OCH3 is 1. The van der Waals surface area contributed by atoms with Gasteiger partial charge in [0.25, 0.3) is 5.91 Å². The number of furan rings is 1. The van der Waals surface area contributed by atoms with E-state index in [2.05, 4.69) is 10.5 Å². The van der Waals surface area contributed by atoms with Crippen molar-refractivity contribution >= 4 is 23.1 Å². The minimum atomic E-state index is -0.500. The van der Waals surface area contributed by atoms with Gasteiger partial charge in [0.1, 0.15) is 17.1 Å². The molecule has 6 heteroatoms. The summed E-state index contributed by atoms with van der Waals surface area (Å²) in [5, 5.41) is 14.7. The Balaban J connectivity index is 1.76. The fraction of sp³-hybridized carbons (Fsp3) is 0.111. The molecule has 1 heterocycles. The molecule has 122 valence electrons. The summed E-state index contributed by atoms with van der Waals surface area (Å²) in [5.41, 5.74) is 4.64. The molecule has 0 spiro atoms. The molecule has 2 aromatic carbocycles. The van der Waals surface area contributed by atoms with Gasteiger partial charge in [-0.2, -0.15) is 5.10 Å². The third kappa shape index (κ3) is 2.94. The van der Waals surface area contributed by atoms with E-state index in [1.807, 2.05) is 12.1 Å². The Kier molecular flexibility index (Phi) is 4.20. The molecule has 0 aliphatic heterocycles. The summed E-state index contributed by atoms with van der Waals surface area (Å²) in [7, 11) is 1.59. The molecule has 24 heavy (non-hydrogen) atoms. The van der Waals surface area contributed by atoms with Crippen molar-refractivity contribution in [3.8, 4) is 11.5 Å². The number of amides is 1. The first kappa shape index (κ1) is 15.6. The van der Waals surface area contributed by atoms with E-state index >= 15 is 0 Å². The zero-order valence-corrected chi connectivity index (χ0v) is 13.2. The van der Waals surface area contributed by atoms with Crippen LogP contribution in [0.1, 0.15) is 21.5 Å². The largest absolute Gasteiger partial charge is 0.506 e. The molecule has 3 aromatic rings. The number of carbonyl (C=O) groups excluding carboxylic acids is 1. The molecule has 0 saturated carbocycles. The summed E-state index contributed by atoms with van der Waals surface area (Å²) >= 11 is 0. The number of hydrogen-bond donors (Lipinski definition) is 2. The fourth-order valence-electron chi connectivity index (χ4n) is 2.36. The van der Waals surface area contributed by atoms with Crippen LogP contribution in [0.2, 0.25) is 0 Å². The molecule has 2 N–H and O–H groups in total. The molecule has 0 saturated heterocycles. The van der Waals surface area contributed by atoms with Gasteiger partial charge in [-0.15, -0.1) is 0 Å². The van der Waals surface area contributed by atoms with Crippen LogP contribution in [-0.4, -0.2) is 24.3 Å². The number of aryl methyl sites for hydroxylation is 1. The lowest BCUT2D eigenvalue weighted by molar-refractivity contribution is 0.0952. The molecule has 0 unspecified atom stereocenters. The second-order valence-corrected chi connectivity index (χ2v) is 5.23. The molecule has 1 amide bonds. The maximum Gasteiger partial charge on any atom is 0.275 e. The molecular formula is C18H16N2O4. The first-order valence-electron chi connectivity index (χ1n) is 7.27. The van der Waals surface area contributed by atoms with Crippen molar-refractivity contribution in [2.45, 2.75) is 6.92 Å². The monoisotopic (exact) mass is 324 g/mol. The molecule has 0 aliphatic rings. The highest BCUT2D eigenvalue weighted by atomic mass is 16.5. The Morgan fingerprint density at radius 1 is 1.25 bits per heavy atom. The lowest BCUT2D eigenvalue weighted by Crippen LogP contribution is -2.17. The number of phenols is 1. The predicted molar refractivity (Wildman–Crippen MR) is 90.7 cm³/mol. The normalized spacial score (nSPS) is 11.1. The lowest BCUT2D eigenvalue weighted by Gasteiger charge is -2.04. The van der Waals surface area contributed by atoms with E-state index < -0.39 is 5.91 Å². The van der Waals surface area contributed by atoms with Crippen LogP contribution in [0.15, 0.2) is 52.2 Å². The SMILES string of the molecule is COc1ccc(C=NNC(=O)c2ccc3occ(C)c3c2O)cc1. The van der Waals surface area contributed by atoms with Gasteiger partial charge in [0.2, 0.25) is 0 Å². The summed E-state index contributed by atoms with van der Waals surface area (Å²) in [4.78, 5) is 12.2. The summed E-state index contributed by atoms with van der Waals surface area (Å²) in [5.74, 6) is 0.126. The molecular weight excluding hydrogens is 308 g/mol. The fourth-order valence-corrected chi connectivity index (χ4v) is 2.36. The predicted octanol–water partition coefficient (Wildman–Crippen LogP) is 3.22. The standard InChI is InChI=1S/C18H16N2O4/c1-11-10-24-15-8-7-14(17(21)16(11)15)18(22)20-19-9-12-3-5-13(23-2)6-4-12/h3-10,21H,1-2H3,(H,20,22). The van der Waals surface area contributed by atoms with Gasteiger partial charge in [0.15, 0.2) is 0 Å².